The minimum atomic E-state index is -0.0330. The lowest BCUT2D eigenvalue weighted by Gasteiger charge is -2.25. The molecule has 1 aromatic carbocycles. The van der Waals surface area contributed by atoms with Gasteiger partial charge in [-0.3, -0.25) is 14.7 Å². The molecule has 1 aromatic heterocycles. The first kappa shape index (κ1) is 15.7. The van der Waals surface area contributed by atoms with E-state index < -0.39 is 0 Å². The van der Waals surface area contributed by atoms with Crippen molar-refractivity contribution in [1.29, 1.82) is 0 Å². The first-order chi connectivity index (χ1) is 11.2. The van der Waals surface area contributed by atoms with Gasteiger partial charge in [0, 0.05) is 18.9 Å². The van der Waals surface area contributed by atoms with Gasteiger partial charge in [-0.05, 0) is 43.5 Å². The third-order valence-corrected chi connectivity index (χ3v) is 4.44. The van der Waals surface area contributed by atoms with E-state index in [2.05, 4.69) is 27.3 Å². The van der Waals surface area contributed by atoms with Gasteiger partial charge in [0.1, 0.15) is 0 Å². The molecule has 4 heteroatoms. The quantitative estimate of drug-likeness (QED) is 0.923. The van der Waals surface area contributed by atoms with Crippen molar-refractivity contribution in [2.45, 2.75) is 38.4 Å². The molecule has 0 radical (unpaired) electrons. The zero-order valence-electron chi connectivity index (χ0n) is 13.5. The highest BCUT2D eigenvalue weighted by atomic mass is 16.2. The molecule has 0 saturated carbocycles. The van der Waals surface area contributed by atoms with Crippen LogP contribution in [0.3, 0.4) is 0 Å². The third-order valence-electron chi connectivity index (χ3n) is 4.44. The molecule has 1 aliphatic heterocycles. The maximum absolute atomic E-state index is 12.7. The van der Waals surface area contributed by atoms with Crippen LogP contribution in [0.25, 0.3) is 0 Å². The first-order valence-electron chi connectivity index (χ1n) is 8.22. The fourth-order valence-corrected chi connectivity index (χ4v) is 3.16. The molecule has 0 unspecified atom stereocenters. The summed E-state index contributed by atoms with van der Waals surface area (Å²) in [5.74, 6) is 0.120. The van der Waals surface area contributed by atoms with E-state index in [0.29, 0.717) is 0 Å². The Morgan fingerprint density at radius 2 is 2.13 bits per heavy atom. The Morgan fingerprint density at radius 3 is 2.87 bits per heavy atom. The standard InChI is InChI=1S/C19H23N3O/c1-15(17-9-5-11-20-13-17)21-19(23)18-10-6-12-22(18)14-16-7-3-2-4-8-16/h2-5,7-9,11,13,15,18H,6,10,12,14H2,1H3,(H,21,23)/t15-,18-/m0/s1. The summed E-state index contributed by atoms with van der Waals surface area (Å²) >= 11 is 0. The zero-order valence-corrected chi connectivity index (χ0v) is 13.5. The average molecular weight is 309 g/mol. The molecule has 0 spiro atoms. The van der Waals surface area contributed by atoms with Crippen LogP contribution in [0.15, 0.2) is 54.9 Å². The number of nitrogens with one attached hydrogen (secondary N) is 1. The van der Waals surface area contributed by atoms with Crippen molar-refractivity contribution in [2.24, 2.45) is 0 Å². The monoisotopic (exact) mass is 309 g/mol. The van der Waals surface area contributed by atoms with Crippen LogP contribution in [0.1, 0.15) is 36.9 Å². The van der Waals surface area contributed by atoms with Crippen molar-refractivity contribution in [3.05, 3.63) is 66.0 Å². The van der Waals surface area contributed by atoms with Crippen molar-refractivity contribution >= 4 is 5.91 Å². The molecule has 120 valence electrons. The average Bonchev–Trinajstić information content (AvgIpc) is 3.05. The Balaban J connectivity index is 1.62. The number of nitrogens with zero attached hydrogens (tertiary/aromatic N) is 2. The largest absolute Gasteiger partial charge is 0.348 e. The highest BCUT2D eigenvalue weighted by molar-refractivity contribution is 5.82. The van der Waals surface area contributed by atoms with Crippen molar-refractivity contribution in [2.75, 3.05) is 6.54 Å². The van der Waals surface area contributed by atoms with Crippen LogP contribution < -0.4 is 5.32 Å². The number of hydrogen-bond acceptors (Lipinski definition) is 3. The molecule has 1 fully saturated rings. The van der Waals surface area contributed by atoms with E-state index in [1.807, 2.05) is 37.3 Å². The molecule has 23 heavy (non-hydrogen) atoms. The summed E-state index contributed by atoms with van der Waals surface area (Å²) in [5.41, 5.74) is 2.29. The van der Waals surface area contributed by atoms with E-state index in [1.165, 1.54) is 5.56 Å². The van der Waals surface area contributed by atoms with Gasteiger partial charge in [0.15, 0.2) is 0 Å². The predicted octanol–water partition coefficient (Wildman–Crippen LogP) is 2.92. The number of rotatable bonds is 5. The number of carbonyl (C=O) groups excluding carboxylic acids is 1. The van der Waals surface area contributed by atoms with Crippen LogP contribution in [0.2, 0.25) is 0 Å². The van der Waals surface area contributed by atoms with Crippen molar-refractivity contribution in [3.63, 3.8) is 0 Å². The number of aromatic nitrogens is 1. The third kappa shape index (κ3) is 3.96. The predicted molar refractivity (Wildman–Crippen MR) is 90.7 cm³/mol. The summed E-state index contributed by atoms with van der Waals surface area (Å²) in [6.45, 7) is 3.82. The number of carbonyl (C=O) groups is 1. The molecule has 0 bridgehead atoms. The van der Waals surface area contributed by atoms with Crippen molar-refractivity contribution < 1.29 is 4.79 Å². The van der Waals surface area contributed by atoms with Crippen LogP contribution in [0, 0.1) is 0 Å². The lowest BCUT2D eigenvalue weighted by Crippen LogP contribution is -2.43. The highest BCUT2D eigenvalue weighted by Gasteiger charge is 2.31. The van der Waals surface area contributed by atoms with Crippen LogP contribution >= 0.6 is 0 Å². The fourth-order valence-electron chi connectivity index (χ4n) is 3.16. The van der Waals surface area contributed by atoms with E-state index in [0.717, 1.165) is 31.5 Å². The number of benzene rings is 1. The summed E-state index contributed by atoms with van der Waals surface area (Å²) in [5, 5.41) is 3.13. The van der Waals surface area contributed by atoms with Gasteiger partial charge in [-0.1, -0.05) is 36.4 Å². The Morgan fingerprint density at radius 1 is 1.30 bits per heavy atom. The second-order valence-corrected chi connectivity index (χ2v) is 6.13. The summed E-state index contributed by atoms with van der Waals surface area (Å²) in [6, 6.07) is 14.2. The molecule has 2 atom stereocenters. The van der Waals surface area contributed by atoms with E-state index in [-0.39, 0.29) is 18.0 Å². The van der Waals surface area contributed by atoms with E-state index in [4.69, 9.17) is 0 Å². The molecular formula is C19H23N3O. The summed E-state index contributed by atoms with van der Waals surface area (Å²) in [6.07, 6.45) is 5.56. The second kappa shape index (κ2) is 7.38. The first-order valence-corrected chi connectivity index (χ1v) is 8.22. The zero-order chi connectivity index (χ0) is 16.1. The summed E-state index contributed by atoms with van der Waals surface area (Å²) in [4.78, 5) is 19.1. The van der Waals surface area contributed by atoms with Gasteiger partial charge in [-0.15, -0.1) is 0 Å². The summed E-state index contributed by atoms with van der Waals surface area (Å²) in [7, 11) is 0. The summed E-state index contributed by atoms with van der Waals surface area (Å²) < 4.78 is 0. The molecule has 1 aliphatic rings. The Kier molecular flexibility index (Phi) is 5.03. The van der Waals surface area contributed by atoms with E-state index >= 15 is 0 Å². The molecule has 1 N–H and O–H groups in total. The van der Waals surface area contributed by atoms with Gasteiger partial charge in [-0.25, -0.2) is 0 Å². The molecular weight excluding hydrogens is 286 g/mol. The maximum Gasteiger partial charge on any atom is 0.237 e. The van der Waals surface area contributed by atoms with Crippen molar-refractivity contribution in [1.82, 2.24) is 15.2 Å². The van der Waals surface area contributed by atoms with E-state index in [1.54, 1.807) is 12.4 Å². The molecule has 1 saturated heterocycles. The number of amides is 1. The van der Waals surface area contributed by atoms with Gasteiger partial charge in [0.25, 0.3) is 0 Å². The molecule has 1 amide bonds. The SMILES string of the molecule is C[C@H](NC(=O)[C@@H]1CCCN1Cc1ccccc1)c1cccnc1. The minimum absolute atomic E-state index is 0.0182. The Labute approximate surface area is 137 Å². The lowest BCUT2D eigenvalue weighted by molar-refractivity contribution is -0.126. The van der Waals surface area contributed by atoms with Crippen LogP contribution in [-0.4, -0.2) is 28.4 Å². The molecule has 3 rings (SSSR count). The highest BCUT2D eigenvalue weighted by Crippen LogP contribution is 2.21. The molecule has 2 aromatic rings. The number of pyridine rings is 1. The fraction of sp³-hybridized carbons (Fsp3) is 0.368. The number of hydrogen-bond donors (Lipinski definition) is 1. The number of likely N-dealkylation sites (tertiary alicyclic amines) is 1. The normalized spacial score (nSPS) is 19.4. The lowest BCUT2D eigenvalue weighted by atomic mass is 10.1. The topological polar surface area (TPSA) is 45.2 Å². The van der Waals surface area contributed by atoms with Crippen LogP contribution in [-0.2, 0) is 11.3 Å². The van der Waals surface area contributed by atoms with Crippen molar-refractivity contribution in [3.8, 4) is 0 Å². The smallest absolute Gasteiger partial charge is 0.237 e. The van der Waals surface area contributed by atoms with E-state index in [9.17, 15) is 4.79 Å². The van der Waals surface area contributed by atoms with Gasteiger partial charge in [0.2, 0.25) is 5.91 Å². The van der Waals surface area contributed by atoms with Gasteiger partial charge in [0.05, 0.1) is 12.1 Å². The van der Waals surface area contributed by atoms with Crippen LogP contribution in [0.4, 0.5) is 0 Å². The molecule has 4 nitrogen and oxygen atoms in total. The molecule has 2 heterocycles. The second-order valence-electron chi connectivity index (χ2n) is 6.13. The van der Waals surface area contributed by atoms with Gasteiger partial charge < -0.3 is 5.32 Å². The minimum Gasteiger partial charge on any atom is -0.348 e. The van der Waals surface area contributed by atoms with Gasteiger partial charge >= 0.3 is 0 Å². The van der Waals surface area contributed by atoms with Crippen LogP contribution in [0.5, 0.6) is 0 Å². The maximum atomic E-state index is 12.7. The Bertz CT molecular complexity index is 630. The molecule has 0 aliphatic carbocycles. The Hall–Kier alpha value is -2.20. The van der Waals surface area contributed by atoms with Gasteiger partial charge in [-0.2, -0.15) is 0 Å².